The predicted octanol–water partition coefficient (Wildman–Crippen LogP) is 3.39. The first-order valence-electron chi connectivity index (χ1n) is 6.80. The number of hydrogen-bond donors (Lipinski definition) is 1. The Morgan fingerprint density at radius 1 is 1.23 bits per heavy atom. The number of carbonyl (C=O) groups excluding carboxylic acids is 1. The number of rotatable bonds is 5. The number of nitrogens with zero attached hydrogens (tertiary/aromatic N) is 2. The normalized spacial score (nSPS) is 10.3. The molecule has 0 bridgehead atoms. The van der Waals surface area contributed by atoms with Crippen molar-refractivity contribution in [2.45, 2.75) is 6.54 Å². The summed E-state index contributed by atoms with van der Waals surface area (Å²) in [4.78, 5) is 14.0. The molecule has 5 heteroatoms. The summed E-state index contributed by atoms with van der Waals surface area (Å²) in [6.45, 7) is 0.941. The average molecular weight is 358 g/mol. The van der Waals surface area contributed by atoms with Crippen molar-refractivity contribution in [3.05, 3.63) is 64.1 Å². The molecule has 4 nitrogen and oxygen atoms in total. The van der Waals surface area contributed by atoms with Gasteiger partial charge in [0.1, 0.15) is 0 Å². The Morgan fingerprint density at radius 3 is 2.55 bits per heavy atom. The molecule has 0 saturated heterocycles. The number of anilines is 1. The van der Waals surface area contributed by atoms with E-state index in [0.717, 1.165) is 15.7 Å². The summed E-state index contributed by atoms with van der Waals surface area (Å²) in [7, 11) is 1.89. The second-order valence-electron chi connectivity index (χ2n) is 5.01. The molecule has 0 aliphatic rings. The van der Waals surface area contributed by atoms with E-state index in [4.69, 9.17) is 5.26 Å². The standard InChI is InChI=1S/C17H16BrN3O/c1-21(11-14-8-6-13(10-19)7-9-14)12-17(22)20-16-5-3-2-4-15(16)18/h2-9H,11-12H2,1H3,(H,20,22). The third-order valence-corrected chi connectivity index (χ3v) is 3.79. The molecule has 0 unspecified atom stereocenters. The SMILES string of the molecule is CN(CC(=O)Nc1ccccc1Br)Cc1ccc(C#N)cc1. The van der Waals surface area contributed by atoms with Crippen LogP contribution in [-0.4, -0.2) is 24.4 Å². The number of nitriles is 1. The summed E-state index contributed by atoms with van der Waals surface area (Å²) in [6.07, 6.45) is 0. The van der Waals surface area contributed by atoms with Gasteiger partial charge in [-0.05, 0) is 52.8 Å². The van der Waals surface area contributed by atoms with Gasteiger partial charge in [0.05, 0.1) is 23.9 Å². The van der Waals surface area contributed by atoms with Crippen molar-refractivity contribution >= 4 is 27.5 Å². The van der Waals surface area contributed by atoms with Crippen molar-refractivity contribution in [3.63, 3.8) is 0 Å². The number of halogens is 1. The van der Waals surface area contributed by atoms with Crippen LogP contribution in [0.15, 0.2) is 53.0 Å². The minimum atomic E-state index is -0.0666. The van der Waals surface area contributed by atoms with Crippen molar-refractivity contribution in [3.8, 4) is 6.07 Å². The molecule has 1 amide bonds. The molecule has 22 heavy (non-hydrogen) atoms. The van der Waals surface area contributed by atoms with Gasteiger partial charge in [0.15, 0.2) is 0 Å². The first kappa shape index (κ1) is 16.2. The van der Waals surface area contributed by atoms with Gasteiger partial charge in [-0.3, -0.25) is 9.69 Å². The molecule has 2 aromatic carbocycles. The lowest BCUT2D eigenvalue weighted by atomic mass is 10.1. The van der Waals surface area contributed by atoms with E-state index in [0.29, 0.717) is 18.7 Å². The van der Waals surface area contributed by atoms with Gasteiger partial charge in [0.25, 0.3) is 0 Å². The van der Waals surface area contributed by atoms with Crippen LogP contribution in [0.3, 0.4) is 0 Å². The minimum Gasteiger partial charge on any atom is -0.324 e. The van der Waals surface area contributed by atoms with Gasteiger partial charge in [-0.2, -0.15) is 5.26 Å². The van der Waals surface area contributed by atoms with Crippen molar-refractivity contribution in [1.29, 1.82) is 5.26 Å². The summed E-state index contributed by atoms with van der Waals surface area (Å²) in [6, 6.07) is 17.0. The van der Waals surface area contributed by atoms with Gasteiger partial charge >= 0.3 is 0 Å². The first-order valence-corrected chi connectivity index (χ1v) is 7.60. The number of benzene rings is 2. The number of carbonyl (C=O) groups is 1. The van der Waals surface area contributed by atoms with Gasteiger partial charge in [-0.25, -0.2) is 0 Å². The second kappa shape index (κ2) is 7.74. The van der Waals surface area contributed by atoms with E-state index in [1.165, 1.54) is 0 Å². The van der Waals surface area contributed by atoms with Gasteiger partial charge in [-0.15, -0.1) is 0 Å². The van der Waals surface area contributed by atoms with E-state index >= 15 is 0 Å². The Hall–Kier alpha value is -2.16. The van der Waals surface area contributed by atoms with Crippen LogP contribution in [0.5, 0.6) is 0 Å². The summed E-state index contributed by atoms with van der Waals surface area (Å²) < 4.78 is 0.859. The Labute approximate surface area is 138 Å². The molecular formula is C17H16BrN3O. The zero-order valence-electron chi connectivity index (χ0n) is 12.2. The number of likely N-dealkylation sites (N-methyl/N-ethyl adjacent to an activating group) is 1. The van der Waals surface area contributed by atoms with Crippen molar-refractivity contribution < 1.29 is 4.79 Å². The lowest BCUT2D eigenvalue weighted by Gasteiger charge is -2.16. The summed E-state index contributed by atoms with van der Waals surface area (Å²) >= 11 is 3.40. The lowest BCUT2D eigenvalue weighted by Crippen LogP contribution is -2.29. The molecular weight excluding hydrogens is 342 g/mol. The van der Waals surface area contributed by atoms with Crippen LogP contribution in [0.1, 0.15) is 11.1 Å². The zero-order chi connectivity index (χ0) is 15.9. The van der Waals surface area contributed by atoms with Crippen molar-refractivity contribution in [2.75, 3.05) is 18.9 Å². The molecule has 0 aliphatic heterocycles. The molecule has 0 heterocycles. The van der Waals surface area contributed by atoms with E-state index < -0.39 is 0 Å². The molecule has 0 spiro atoms. The van der Waals surface area contributed by atoms with Gasteiger partial charge in [0, 0.05) is 11.0 Å². The summed E-state index contributed by atoms with van der Waals surface area (Å²) in [5.74, 6) is -0.0666. The summed E-state index contributed by atoms with van der Waals surface area (Å²) in [5, 5.41) is 11.6. The number of hydrogen-bond acceptors (Lipinski definition) is 3. The maximum absolute atomic E-state index is 12.0. The topological polar surface area (TPSA) is 56.1 Å². The van der Waals surface area contributed by atoms with Crippen LogP contribution in [0.2, 0.25) is 0 Å². The molecule has 0 atom stereocenters. The Bertz CT molecular complexity index is 692. The average Bonchev–Trinajstić information content (AvgIpc) is 2.50. The van der Waals surface area contributed by atoms with Gasteiger partial charge in [0.2, 0.25) is 5.91 Å². The van der Waals surface area contributed by atoms with Gasteiger partial charge < -0.3 is 5.32 Å². The largest absolute Gasteiger partial charge is 0.324 e. The van der Waals surface area contributed by atoms with Crippen molar-refractivity contribution in [1.82, 2.24) is 4.90 Å². The van der Waals surface area contributed by atoms with Crippen LogP contribution < -0.4 is 5.32 Å². The van der Waals surface area contributed by atoms with Crippen molar-refractivity contribution in [2.24, 2.45) is 0 Å². The van der Waals surface area contributed by atoms with Gasteiger partial charge in [-0.1, -0.05) is 24.3 Å². The molecule has 0 radical (unpaired) electrons. The second-order valence-corrected chi connectivity index (χ2v) is 5.86. The molecule has 1 N–H and O–H groups in total. The maximum atomic E-state index is 12.0. The molecule has 2 aromatic rings. The maximum Gasteiger partial charge on any atom is 0.238 e. The Kier molecular flexibility index (Phi) is 5.70. The van der Waals surface area contributed by atoms with Crippen LogP contribution in [0, 0.1) is 11.3 Å². The molecule has 0 saturated carbocycles. The highest BCUT2D eigenvalue weighted by atomic mass is 79.9. The molecule has 2 rings (SSSR count). The monoisotopic (exact) mass is 357 g/mol. The highest BCUT2D eigenvalue weighted by Gasteiger charge is 2.09. The number of amides is 1. The van der Waals surface area contributed by atoms with E-state index in [2.05, 4.69) is 27.3 Å². The van der Waals surface area contributed by atoms with E-state index in [1.54, 1.807) is 12.1 Å². The Morgan fingerprint density at radius 2 is 1.91 bits per heavy atom. The van der Waals surface area contributed by atoms with Crippen LogP contribution in [0.4, 0.5) is 5.69 Å². The minimum absolute atomic E-state index is 0.0666. The first-order chi connectivity index (χ1) is 10.6. The highest BCUT2D eigenvalue weighted by Crippen LogP contribution is 2.21. The molecule has 112 valence electrons. The van der Waals surface area contributed by atoms with Crippen LogP contribution >= 0.6 is 15.9 Å². The fourth-order valence-corrected chi connectivity index (χ4v) is 2.43. The highest BCUT2D eigenvalue weighted by molar-refractivity contribution is 9.10. The lowest BCUT2D eigenvalue weighted by molar-refractivity contribution is -0.117. The van der Waals surface area contributed by atoms with E-state index in [-0.39, 0.29) is 5.91 Å². The quantitative estimate of drug-likeness (QED) is 0.892. The smallest absolute Gasteiger partial charge is 0.238 e. The molecule has 0 aliphatic carbocycles. The Balaban J connectivity index is 1.88. The fourth-order valence-electron chi connectivity index (χ4n) is 2.05. The third kappa shape index (κ3) is 4.69. The zero-order valence-corrected chi connectivity index (χ0v) is 13.8. The fraction of sp³-hybridized carbons (Fsp3) is 0.176. The predicted molar refractivity (Wildman–Crippen MR) is 90.3 cm³/mol. The molecule has 0 fully saturated rings. The van der Waals surface area contributed by atoms with Crippen LogP contribution in [-0.2, 0) is 11.3 Å². The van der Waals surface area contributed by atoms with E-state index in [1.807, 2.05) is 48.3 Å². The van der Waals surface area contributed by atoms with E-state index in [9.17, 15) is 4.79 Å². The molecule has 0 aromatic heterocycles. The summed E-state index contributed by atoms with van der Waals surface area (Å²) in [5.41, 5.74) is 2.47. The van der Waals surface area contributed by atoms with Crippen LogP contribution in [0.25, 0.3) is 0 Å². The number of para-hydroxylation sites is 1. The number of nitrogens with one attached hydrogen (secondary N) is 1. The third-order valence-electron chi connectivity index (χ3n) is 3.10.